The number of para-hydroxylation sites is 1. The van der Waals surface area contributed by atoms with Crippen molar-refractivity contribution in [2.24, 2.45) is 9.98 Å². The summed E-state index contributed by atoms with van der Waals surface area (Å²) in [7, 11) is 0. The lowest BCUT2D eigenvalue weighted by Gasteiger charge is -1.97. The van der Waals surface area contributed by atoms with Gasteiger partial charge in [0.05, 0.1) is 16.9 Å². The summed E-state index contributed by atoms with van der Waals surface area (Å²) < 4.78 is 0. The van der Waals surface area contributed by atoms with Gasteiger partial charge >= 0.3 is 0 Å². The summed E-state index contributed by atoms with van der Waals surface area (Å²) in [5.41, 5.74) is 3.39. The average Bonchev–Trinajstić information content (AvgIpc) is 2.41. The summed E-state index contributed by atoms with van der Waals surface area (Å²) >= 11 is 0. The third kappa shape index (κ3) is 2.95. The normalized spacial score (nSPS) is 9.11. The summed E-state index contributed by atoms with van der Waals surface area (Å²) in [6.45, 7) is 1.99. The molecule has 0 heterocycles. The predicted molar refractivity (Wildman–Crippen MR) is 74.7 cm³/mol. The van der Waals surface area contributed by atoms with Crippen molar-refractivity contribution in [3.63, 3.8) is 0 Å². The fourth-order valence-electron chi connectivity index (χ4n) is 1.50. The van der Waals surface area contributed by atoms with Crippen LogP contribution in [0.1, 0.15) is 11.1 Å². The molecule has 18 heavy (non-hydrogen) atoms. The van der Waals surface area contributed by atoms with Crippen molar-refractivity contribution in [3.05, 3.63) is 59.7 Å². The molecule has 2 heteroatoms. The largest absolute Gasteiger partial charge is 0.188 e. The summed E-state index contributed by atoms with van der Waals surface area (Å²) in [6, 6.07) is 18.0. The van der Waals surface area contributed by atoms with E-state index in [0.29, 0.717) is 5.69 Å². The van der Waals surface area contributed by atoms with Crippen molar-refractivity contribution in [2.45, 2.75) is 6.92 Å². The first-order valence-electron chi connectivity index (χ1n) is 5.58. The average molecular weight is 232 g/mol. The topological polar surface area (TPSA) is 24.7 Å². The van der Waals surface area contributed by atoms with E-state index >= 15 is 0 Å². The van der Waals surface area contributed by atoms with Gasteiger partial charge in [-0.05, 0) is 36.8 Å². The second-order valence-electron chi connectivity index (χ2n) is 3.82. The number of nitrogens with zero attached hydrogens (tertiary/aromatic N) is 2. The number of aryl methyl sites for hydroxylation is 1. The smallest absolute Gasteiger partial charge is 0.101 e. The van der Waals surface area contributed by atoms with Crippen molar-refractivity contribution in [1.82, 2.24) is 0 Å². The minimum Gasteiger partial charge on any atom is -0.188 e. The molecule has 0 unspecified atom stereocenters. The molecular formula is C16H12N2. The Morgan fingerprint density at radius 3 is 2.50 bits per heavy atom. The molecule has 0 aliphatic rings. The molecular weight excluding hydrogens is 220 g/mol. The van der Waals surface area contributed by atoms with E-state index in [1.807, 2.05) is 55.5 Å². The second kappa shape index (κ2) is 5.63. The number of rotatable bonds is 2. The Bertz CT molecular complexity index is 643. The molecule has 0 fully saturated rings. The van der Waals surface area contributed by atoms with E-state index in [4.69, 9.17) is 6.42 Å². The summed E-state index contributed by atoms with van der Waals surface area (Å²) in [5, 5.41) is 0. The summed E-state index contributed by atoms with van der Waals surface area (Å²) in [4.78, 5) is 8.27. The Balaban J connectivity index is 2.30. The molecule has 0 bridgehead atoms. The van der Waals surface area contributed by atoms with Crippen LogP contribution in [-0.4, -0.2) is 6.01 Å². The molecule has 0 saturated heterocycles. The van der Waals surface area contributed by atoms with Crippen molar-refractivity contribution >= 4 is 17.4 Å². The Morgan fingerprint density at radius 2 is 1.78 bits per heavy atom. The molecule has 0 aliphatic heterocycles. The van der Waals surface area contributed by atoms with E-state index in [9.17, 15) is 0 Å². The van der Waals surface area contributed by atoms with Gasteiger partial charge < -0.3 is 0 Å². The zero-order valence-corrected chi connectivity index (χ0v) is 10.1. The van der Waals surface area contributed by atoms with Crippen molar-refractivity contribution in [3.8, 4) is 12.3 Å². The predicted octanol–water partition coefficient (Wildman–Crippen LogP) is 4.11. The molecule has 0 saturated carbocycles. The molecule has 0 radical (unpaired) electrons. The van der Waals surface area contributed by atoms with Gasteiger partial charge in [-0.1, -0.05) is 30.2 Å². The highest BCUT2D eigenvalue weighted by Gasteiger charge is 1.97. The maximum atomic E-state index is 5.43. The quantitative estimate of drug-likeness (QED) is 0.550. The van der Waals surface area contributed by atoms with Gasteiger partial charge in [-0.3, -0.25) is 0 Å². The van der Waals surface area contributed by atoms with E-state index in [2.05, 4.69) is 21.9 Å². The van der Waals surface area contributed by atoms with E-state index in [1.54, 1.807) is 0 Å². The van der Waals surface area contributed by atoms with Gasteiger partial charge in [0, 0.05) is 0 Å². The monoisotopic (exact) mass is 232 g/mol. The molecule has 2 rings (SSSR count). The Labute approximate surface area is 107 Å². The van der Waals surface area contributed by atoms with Crippen molar-refractivity contribution in [1.29, 1.82) is 0 Å². The van der Waals surface area contributed by atoms with Crippen LogP contribution in [0, 0.1) is 19.3 Å². The van der Waals surface area contributed by atoms with Gasteiger partial charge in [-0.2, -0.15) is 9.98 Å². The first-order valence-corrected chi connectivity index (χ1v) is 5.58. The van der Waals surface area contributed by atoms with Gasteiger partial charge in [0.1, 0.15) is 6.01 Å². The molecule has 2 aromatic carbocycles. The molecule has 0 aliphatic carbocycles. The fraction of sp³-hybridized carbons (Fsp3) is 0.0625. The van der Waals surface area contributed by atoms with Gasteiger partial charge in [-0.25, -0.2) is 0 Å². The molecule has 2 aromatic rings. The third-order valence-electron chi connectivity index (χ3n) is 2.41. The fourth-order valence-corrected chi connectivity index (χ4v) is 1.50. The van der Waals surface area contributed by atoms with Crippen LogP contribution in [-0.2, 0) is 0 Å². The van der Waals surface area contributed by atoms with Crippen LogP contribution in [0.5, 0.6) is 0 Å². The first-order chi connectivity index (χ1) is 8.79. The highest BCUT2D eigenvalue weighted by Crippen LogP contribution is 2.19. The number of benzene rings is 2. The number of aliphatic imine (C=N–C) groups is 2. The highest BCUT2D eigenvalue weighted by atomic mass is 14.8. The highest BCUT2D eigenvalue weighted by molar-refractivity contribution is 5.63. The molecule has 0 N–H and O–H groups in total. The summed E-state index contributed by atoms with van der Waals surface area (Å²) in [5.74, 6) is 2.61. The van der Waals surface area contributed by atoms with Crippen LogP contribution in [0.15, 0.2) is 58.5 Å². The Kier molecular flexibility index (Phi) is 3.71. The number of hydrogen-bond donors (Lipinski definition) is 0. The minimum absolute atomic E-state index is 0.711. The van der Waals surface area contributed by atoms with E-state index in [1.165, 1.54) is 0 Å². The van der Waals surface area contributed by atoms with Crippen LogP contribution in [0.25, 0.3) is 0 Å². The standard InChI is InChI=1S/C16H12N2/c1-3-14-11-13(2)9-10-16(14)18-12-17-15-7-5-4-6-8-15/h1,4-11H,2H3. The molecule has 0 spiro atoms. The zero-order chi connectivity index (χ0) is 12.8. The Hall–Kier alpha value is -2.62. The van der Waals surface area contributed by atoms with Crippen molar-refractivity contribution in [2.75, 3.05) is 0 Å². The molecule has 0 amide bonds. The van der Waals surface area contributed by atoms with Crippen molar-refractivity contribution < 1.29 is 0 Å². The molecule has 0 atom stereocenters. The van der Waals surface area contributed by atoms with Gasteiger partial charge in [0.15, 0.2) is 0 Å². The maximum absolute atomic E-state index is 5.43. The molecule has 2 nitrogen and oxygen atoms in total. The van der Waals surface area contributed by atoms with E-state index < -0.39 is 0 Å². The van der Waals surface area contributed by atoms with Gasteiger partial charge in [-0.15, -0.1) is 6.42 Å². The minimum atomic E-state index is 0.711. The lowest BCUT2D eigenvalue weighted by atomic mass is 10.1. The third-order valence-corrected chi connectivity index (χ3v) is 2.41. The second-order valence-corrected chi connectivity index (χ2v) is 3.82. The SMILES string of the molecule is C#Cc1cc(C)ccc1N=C=Nc1ccccc1. The van der Waals surface area contributed by atoms with Crippen LogP contribution >= 0.6 is 0 Å². The molecule has 0 aromatic heterocycles. The lowest BCUT2D eigenvalue weighted by Crippen LogP contribution is -1.78. The van der Waals surface area contributed by atoms with E-state index in [-0.39, 0.29) is 0 Å². The first kappa shape index (κ1) is 11.9. The van der Waals surface area contributed by atoms with Crippen LogP contribution in [0.4, 0.5) is 11.4 Å². The molecule has 86 valence electrons. The maximum Gasteiger partial charge on any atom is 0.101 e. The zero-order valence-electron chi connectivity index (χ0n) is 10.1. The van der Waals surface area contributed by atoms with Gasteiger partial charge in [0.25, 0.3) is 0 Å². The van der Waals surface area contributed by atoms with Crippen LogP contribution in [0.2, 0.25) is 0 Å². The van der Waals surface area contributed by atoms with E-state index in [0.717, 1.165) is 16.8 Å². The number of hydrogen-bond acceptors (Lipinski definition) is 2. The lowest BCUT2D eigenvalue weighted by molar-refractivity contribution is 1.41. The van der Waals surface area contributed by atoms with Crippen LogP contribution in [0.3, 0.4) is 0 Å². The van der Waals surface area contributed by atoms with Gasteiger partial charge in [0.2, 0.25) is 0 Å². The summed E-state index contributed by atoms with van der Waals surface area (Å²) in [6.07, 6.45) is 5.43. The van der Waals surface area contributed by atoms with Crippen LogP contribution < -0.4 is 0 Å². The number of terminal acetylenes is 1. The Morgan fingerprint density at radius 1 is 1.00 bits per heavy atom.